The Labute approximate surface area is 103 Å². The van der Waals surface area contributed by atoms with Gasteiger partial charge in [0.05, 0.1) is 12.3 Å². The smallest absolute Gasteiger partial charge is 0.345 e. The van der Waals surface area contributed by atoms with E-state index >= 15 is 0 Å². The fourth-order valence-corrected chi connectivity index (χ4v) is 1.59. The van der Waals surface area contributed by atoms with E-state index in [0.29, 0.717) is 5.69 Å². The highest BCUT2D eigenvalue weighted by molar-refractivity contribution is 5.95. The predicted octanol–water partition coefficient (Wildman–Crippen LogP) is 1.61. The van der Waals surface area contributed by atoms with E-state index in [4.69, 9.17) is 4.74 Å². The van der Waals surface area contributed by atoms with Crippen LogP contribution in [-0.4, -0.2) is 22.5 Å². The molecule has 0 amide bonds. The van der Waals surface area contributed by atoms with Crippen molar-refractivity contribution < 1.29 is 9.53 Å². The molecule has 0 saturated heterocycles. The molecule has 1 aromatic heterocycles. The maximum Gasteiger partial charge on any atom is 0.345 e. The minimum Gasteiger partial charge on any atom is -0.462 e. The van der Waals surface area contributed by atoms with Gasteiger partial charge in [-0.15, -0.1) is 0 Å². The van der Waals surface area contributed by atoms with E-state index in [0.717, 1.165) is 5.56 Å². The first kappa shape index (κ1) is 12.0. The predicted molar refractivity (Wildman–Crippen MR) is 66.3 cm³/mol. The van der Waals surface area contributed by atoms with Gasteiger partial charge in [-0.3, -0.25) is 0 Å². The molecule has 0 fully saturated rings. The summed E-state index contributed by atoms with van der Waals surface area (Å²) < 4.78 is 4.93. The molecule has 0 aliphatic heterocycles. The van der Waals surface area contributed by atoms with Crippen LogP contribution in [0.2, 0.25) is 0 Å². The summed E-state index contributed by atoms with van der Waals surface area (Å²) in [5, 5.41) is 0. The van der Waals surface area contributed by atoms with Crippen molar-refractivity contribution in [1.82, 2.24) is 9.97 Å². The van der Waals surface area contributed by atoms with E-state index in [9.17, 15) is 9.59 Å². The number of hydrogen-bond donors (Lipinski definition) is 1. The molecule has 0 atom stereocenters. The summed E-state index contributed by atoms with van der Waals surface area (Å²) in [7, 11) is 0. The molecule has 0 saturated carbocycles. The molecule has 0 radical (unpaired) electrons. The summed E-state index contributed by atoms with van der Waals surface area (Å²) in [6.45, 7) is 1.99. The van der Waals surface area contributed by atoms with Crippen molar-refractivity contribution in [3.05, 3.63) is 52.6 Å². The second kappa shape index (κ2) is 5.27. The van der Waals surface area contributed by atoms with Crippen LogP contribution in [0.4, 0.5) is 0 Å². The molecule has 1 aromatic carbocycles. The van der Waals surface area contributed by atoms with Gasteiger partial charge in [-0.05, 0) is 12.5 Å². The van der Waals surface area contributed by atoms with Crippen molar-refractivity contribution in [2.45, 2.75) is 6.92 Å². The lowest BCUT2D eigenvalue weighted by Gasteiger charge is -2.07. The summed E-state index contributed by atoms with van der Waals surface area (Å²) in [6.07, 6.45) is 1.24. The number of nitrogens with zero attached hydrogens (tertiary/aromatic N) is 1. The van der Waals surface area contributed by atoms with Gasteiger partial charge < -0.3 is 9.72 Å². The Kier molecular flexibility index (Phi) is 3.52. The van der Waals surface area contributed by atoms with E-state index < -0.39 is 11.7 Å². The Morgan fingerprint density at radius 2 is 2.06 bits per heavy atom. The molecule has 92 valence electrons. The van der Waals surface area contributed by atoms with Crippen LogP contribution in [0, 0.1) is 0 Å². The van der Waals surface area contributed by atoms with Gasteiger partial charge >= 0.3 is 11.7 Å². The third-order valence-electron chi connectivity index (χ3n) is 2.37. The molecule has 2 aromatic rings. The molecule has 5 heteroatoms. The third kappa shape index (κ3) is 2.45. The van der Waals surface area contributed by atoms with Crippen LogP contribution < -0.4 is 5.69 Å². The van der Waals surface area contributed by atoms with E-state index in [1.807, 2.05) is 18.2 Å². The largest absolute Gasteiger partial charge is 0.462 e. The molecular formula is C13H12N2O3. The highest BCUT2D eigenvalue weighted by Crippen LogP contribution is 2.19. The number of aromatic nitrogens is 2. The zero-order valence-electron chi connectivity index (χ0n) is 9.84. The molecule has 0 spiro atoms. The van der Waals surface area contributed by atoms with Gasteiger partial charge in [0.2, 0.25) is 0 Å². The fraction of sp³-hybridized carbons (Fsp3) is 0.154. The molecule has 0 bridgehead atoms. The molecule has 0 aliphatic carbocycles. The van der Waals surface area contributed by atoms with Gasteiger partial charge in [-0.1, -0.05) is 30.3 Å². The number of nitrogens with one attached hydrogen (secondary N) is 1. The molecule has 18 heavy (non-hydrogen) atoms. The Morgan fingerprint density at radius 3 is 2.72 bits per heavy atom. The Bertz CT molecular complexity index is 605. The van der Waals surface area contributed by atoms with Crippen molar-refractivity contribution in [2.24, 2.45) is 0 Å². The SMILES string of the molecule is CCOC(=O)c1cnc(=O)[nH]c1-c1ccccc1. The molecule has 0 aliphatic rings. The first-order chi connectivity index (χ1) is 8.72. The molecule has 1 N–H and O–H groups in total. The first-order valence-corrected chi connectivity index (χ1v) is 5.54. The summed E-state index contributed by atoms with van der Waals surface area (Å²) in [5.74, 6) is -0.500. The van der Waals surface area contributed by atoms with Crippen LogP contribution in [0.25, 0.3) is 11.3 Å². The Hall–Kier alpha value is -2.43. The lowest BCUT2D eigenvalue weighted by molar-refractivity contribution is 0.0526. The number of H-pyrrole nitrogens is 1. The number of benzene rings is 1. The van der Waals surface area contributed by atoms with Crippen LogP contribution in [0.15, 0.2) is 41.3 Å². The van der Waals surface area contributed by atoms with E-state index in [1.165, 1.54) is 6.20 Å². The van der Waals surface area contributed by atoms with Crippen LogP contribution in [-0.2, 0) is 4.74 Å². The van der Waals surface area contributed by atoms with Crippen LogP contribution >= 0.6 is 0 Å². The van der Waals surface area contributed by atoms with Gasteiger partial charge in [0.15, 0.2) is 0 Å². The number of hydrogen-bond acceptors (Lipinski definition) is 4. The number of ether oxygens (including phenoxy) is 1. The maximum absolute atomic E-state index is 11.8. The van der Waals surface area contributed by atoms with E-state index in [-0.39, 0.29) is 12.2 Å². The van der Waals surface area contributed by atoms with Gasteiger partial charge in [-0.2, -0.15) is 0 Å². The number of esters is 1. The van der Waals surface area contributed by atoms with Crippen LogP contribution in [0.3, 0.4) is 0 Å². The third-order valence-corrected chi connectivity index (χ3v) is 2.37. The van der Waals surface area contributed by atoms with E-state index in [2.05, 4.69) is 9.97 Å². The highest BCUT2D eigenvalue weighted by atomic mass is 16.5. The van der Waals surface area contributed by atoms with Crippen molar-refractivity contribution >= 4 is 5.97 Å². The van der Waals surface area contributed by atoms with Gasteiger partial charge in [-0.25, -0.2) is 14.6 Å². The van der Waals surface area contributed by atoms with Gasteiger partial charge in [0.25, 0.3) is 0 Å². The number of aromatic amines is 1. The van der Waals surface area contributed by atoms with Crippen molar-refractivity contribution in [2.75, 3.05) is 6.61 Å². The highest BCUT2D eigenvalue weighted by Gasteiger charge is 2.15. The number of rotatable bonds is 3. The van der Waals surface area contributed by atoms with Crippen molar-refractivity contribution in [1.29, 1.82) is 0 Å². The standard InChI is InChI=1S/C13H12N2O3/c1-2-18-12(16)10-8-14-13(17)15-11(10)9-6-4-3-5-7-9/h3-8H,2H2,1H3,(H,14,15,17). The van der Waals surface area contributed by atoms with Gasteiger partial charge in [0.1, 0.15) is 5.56 Å². The summed E-state index contributed by atoms with van der Waals surface area (Å²) in [4.78, 5) is 29.2. The summed E-state index contributed by atoms with van der Waals surface area (Å²) in [5.41, 5.74) is 0.915. The fourth-order valence-electron chi connectivity index (χ4n) is 1.59. The zero-order valence-corrected chi connectivity index (χ0v) is 9.84. The Morgan fingerprint density at radius 1 is 1.33 bits per heavy atom. The summed E-state index contributed by atoms with van der Waals surface area (Å²) in [6, 6.07) is 9.10. The van der Waals surface area contributed by atoms with Crippen molar-refractivity contribution in [3.8, 4) is 11.3 Å². The topological polar surface area (TPSA) is 72.0 Å². The maximum atomic E-state index is 11.8. The Balaban J connectivity index is 2.55. The normalized spacial score (nSPS) is 10.1. The number of carbonyl (C=O) groups excluding carboxylic acids is 1. The minimum absolute atomic E-state index is 0.252. The lowest BCUT2D eigenvalue weighted by atomic mass is 10.1. The second-order valence-corrected chi connectivity index (χ2v) is 3.56. The minimum atomic E-state index is -0.500. The van der Waals surface area contributed by atoms with Crippen LogP contribution in [0.1, 0.15) is 17.3 Å². The first-order valence-electron chi connectivity index (χ1n) is 5.54. The molecule has 5 nitrogen and oxygen atoms in total. The van der Waals surface area contributed by atoms with E-state index in [1.54, 1.807) is 19.1 Å². The summed E-state index contributed by atoms with van der Waals surface area (Å²) >= 11 is 0. The lowest BCUT2D eigenvalue weighted by Crippen LogP contribution is -2.16. The van der Waals surface area contributed by atoms with Gasteiger partial charge in [0, 0.05) is 6.20 Å². The zero-order chi connectivity index (χ0) is 13.0. The molecule has 2 rings (SSSR count). The van der Waals surface area contributed by atoms with Crippen molar-refractivity contribution in [3.63, 3.8) is 0 Å². The molecule has 0 unspecified atom stereocenters. The molecule has 1 heterocycles. The van der Waals surface area contributed by atoms with Crippen LogP contribution in [0.5, 0.6) is 0 Å². The quantitative estimate of drug-likeness (QED) is 0.832. The monoisotopic (exact) mass is 244 g/mol. The molecular weight excluding hydrogens is 232 g/mol. The number of carbonyl (C=O) groups is 1. The average Bonchev–Trinajstić information content (AvgIpc) is 2.40. The average molecular weight is 244 g/mol. The second-order valence-electron chi connectivity index (χ2n) is 3.56.